The Balaban J connectivity index is 0. The van der Waals surface area contributed by atoms with Crippen LogP contribution in [0.5, 0.6) is 0 Å². The summed E-state index contributed by atoms with van der Waals surface area (Å²) in [7, 11) is -4.02. The maximum atomic E-state index is 10.3. The van der Waals surface area contributed by atoms with Crippen molar-refractivity contribution in [3.05, 3.63) is 0 Å². The Bertz CT molecular complexity index is 267. The van der Waals surface area contributed by atoms with Gasteiger partial charge < -0.3 is 9.66 Å². The molecule has 0 aliphatic rings. The molecular formula is C12H25KO4S. The first kappa shape index (κ1) is 21.8. The summed E-state index contributed by atoms with van der Waals surface area (Å²) < 4.78 is 31.0. The molecule has 0 amide bonds. The molecule has 0 radical (unpaired) electrons. The van der Waals surface area contributed by atoms with Crippen molar-refractivity contribution in [1.29, 1.82) is 0 Å². The van der Waals surface area contributed by atoms with E-state index in [2.05, 4.69) is 0 Å². The predicted octanol–water partition coefficient (Wildman–Crippen LogP) is -0.573. The quantitative estimate of drug-likeness (QED) is 0.315. The molecule has 0 aliphatic heterocycles. The van der Waals surface area contributed by atoms with Gasteiger partial charge in [0.15, 0.2) is 0 Å². The fourth-order valence-corrected chi connectivity index (χ4v) is 2.30. The molecule has 0 fully saturated rings. The fraction of sp³-hybridized carbons (Fsp3) is 1.00. The van der Waals surface area contributed by atoms with Crippen LogP contribution in [0.1, 0.15) is 64.7 Å². The van der Waals surface area contributed by atoms with Crippen LogP contribution in [0.4, 0.5) is 0 Å². The standard InChI is InChI=1S/C12H26O4S.K/c1-2-12(13)10-8-6-4-3-5-7-9-11-17(14,15)16;/h12-13H,2-11H2,1H3,(H,14,15,16);/q;+1/p-1. The second-order valence-electron chi connectivity index (χ2n) is 4.59. The summed E-state index contributed by atoms with van der Waals surface area (Å²) in [4.78, 5) is 0. The molecule has 1 N–H and O–H groups in total. The monoisotopic (exact) mass is 304 g/mol. The topological polar surface area (TPSA) is 77.4 Å². The molecule has 0 saturated heterocycles. The van der Waals surface area contributed by atoms with Crippen LogP contribution >= 0.6 is 0 Å². The van der Waals surface area contributed by atoms with Crippen LogP contribution in [0.25, 0.3) is 0 Å². The van der Waals surface area contributed by atoms with E-state index in [-0.39, 0.29) is 63.2 Å². The van der Waals surface area contributed by atoms with Crippen molar-refractivity contribution >= 4 is 10.1 Å². The zero-order valence-electron chi connectivity index (χ0n) is 11.7. The number of hydrogen-bond donors (Lipinski definition) is 1. The summed E-state index contributed by atoms with van der Waals surface area (Å²) in [5.74, 6) is -0.226. The molecule has 0 rings (SSSR count). The van der Waals surface area contributed by atoms with Gasteiger partial charge in [-0.2, -0.15) is 0 Å². The van der Waals surface area contributed by atoms with Gasteiger partial charge in [0, 0.05) is 5.75 Å². The van der Waals surface area contributed by atoms with Gasteiger partial charge in [0.05, 0.1) is 16.2 Å². The number of unbranched alkanes of at least 4 members (excludes halogenated alkanes) is 6. The molecule has 0 spiro atoms. The Kier molecular flexibility index (Phi) is 16.3. The van der Waals surface area contributed by atoms with E-state index in [1.54, 1.807) is 0 Å². The second kappa shape index (κ2) is 13.5. The van der Waals surface area contributed by atoms with E-state index in [1.165, 1.54) is 0 Å². The molecule has 1 unspecified atom stereocenters. The van der Waals surface area contributed by atoms with Crippen molar-refractivity contribution < 1.29 is 69.5 Å². The minimum absolute atomic E-state index is 0. The summed E-state index contributed by atoms with van der Waals surface area (Å²) in [6.07, 6.45) is 8.24. The minimum Gasteiger partial charge on any atom is -0.748 e. The Hall–Kier alpha value is 1.51. The number of rotatable bonds is 11. The largest absolute Gasteiger partial charge is 1.00 e. The first-order valence-electron chi connectivity index (χ1n) is 6.57. The third-order valence-electron chi connectivity index (χ3n) is 2.90. The van der Waals surface area contributed by atoms with Gasteiger partial charge in [0.25, 0.3) is 0 Å². The normalized spacial score (nSPS) is 13.1. The van der Waals surface area contributed by atoms with E-state index >= 15 is 0 Å². The molecule has 0 bridgehead atoms. The van der Waals surface area contributed by atoms with Crippen LogP contribution < -0.4 is 51.4 Å². The summed E-state index contributed by atoms with van der Waals surface area (Å²) >= 11 is 0. The maximum absolute atomic E-state index is 10.3. The van der Waals surface area contributed by atoms with Gasteiger partial charge in [-0.15, -0.1) is 0 Å². The molecule has 0 aromatic heterocycles. The van der Waals surface area contributed by atoms with Gasteiger partial charge in [0.1, 0.15) is 0 Å². The molecule has 4 nitrogen and oxygen atoms in total. The van der Waals surface area contributed by atoms with E-state index in [9.17, 15) is 18.1 Å². The van der Waals surface area contributed by atoms with Crippen LogP contribution in [0.3, 0.4) is 0 Å². The Labute approximate surface area is 154 Å². The van der Waals surface area contributed by atoms with E-state index in [4.69, 9.17) is 0 Å². The van der Waals surface area contributed by atoms with E-state index in [0.717, 1.165) is 51.4 Å². The van der Waals surface area contributed by atoms with Gasteiger partial charge >= 0.3 is 51.4 Å². The summed E-state index contributed by atoms with van der Waals surface area (Å²) in [5.41, 5.74) is 0. The Morgan fingerprint density at radius 1 is 1.00 bits per heavy atom. The molecule has 0 aromatic rings. The third kappa shape index (κ3) is 17.5. The van der Waals surface area contributed by atoms with E-state index < -0.39 is 10.1 Å². The van der Waals surface area contributed by atoms with Crippen molar-refractivity contribution in [3.8, 4) is 0 Å². The summed E-state index contributed by atoms with van der Waals surface area (Å²) in [5, 5.41) is 9.32. The van der Waals surface area contributed by atoms with Gasteiger partial charge in [-0.05, 0) is 19.3 Å². The van der Waals surface area contributed by atoms with Crippen molar-refractivity contribution in [1.82, 2.24) is 0 Å². The molecule has 0 saturated carbocycles. The average Bonchev–Trinajstić information content (AvgIpc) is 2.25. The van der Waals surface area contributed by atoms with Gasteiger partial charge in [-0.3, -0.25) is 0 Å². The van der Waals surface area contributed by atoms with Gasteiger partial charge in [0.2, 0.25) is 0 Å². The molecule has 104 valence electrons. The molecule has 0 heterocycles. The molecule has 6 heteroatoms. The van der Waals surface area contributed by atoms with Crippen LogP contribution in [0, 0.1) is 0 Å². The van der Waals surface area contributed by atoms with Gasteiger partial charge in [-0.25, -0.2) is 8.42 Å². The van der Waals surface area contributed by atoms with Crippen LogP contribution in [0.2, 0.25) is 0 Å². The average molecular weight is 304 g/mol. The number of aliphatic hydroxyl groups excluding tert-OH is 1. The van der Waals surface area contributed by atoms with Crippen molar-refractivity contribution in [2.24, 2.45) is 0 Å². The zero-order chi connectivity index (χ0) is 13.1. The van der Waals surface area contributed by atoms with Crippen molar-refractivity contribution in [2.45, 2.75) is 70.8 Å². The molecule has 18 heavy (non-hydrogen) atoms. The minimum atomic E-state index is -4.02. The van der Waals surface area contributed by atoms with Gasteiger partial charge in [-0.1, -0.05) is 45.4 Å². The number of aliphatic hydroxyl groups is 1. The number of hydrogen-bond acceptors (Lipinski definition) is 4. The summed E-state index contributed by atoms with van der Waals surface area (Å²) in [6, 6.07) is 0. The molecule has 0 aromatic carbocycles. The zero-order valence-corrected chi connectivity index (χ0v) is 15.7. The molecular weight excluding hydrogens is 279 g/mol. The molecule has 1 atom stereocenters. The predicted molar refractivity (Wildman–Crippen MR) is 67.8 cm³/mol. The van der Waals surface area contributed by atoms with Crippen LogP contribution in [0.15, 0.2) is 0 Å². The van der Waals surface area contributed by atoms with Crippen LogP contribution in [-0.4, -0.2) is 29.9 Å². The van der Waals surface area contributed by atoms with Crippen molar-refractivity contribution in [3.63, 3.8) is 0 Å². The smallest absolute Gasteiger partial charge is 0.748 e. The van der Waals surface area contributed by atoms with E-state index in [1.807, 2.05) is 6.92 Å². The second-order valence-corrected chi connectivity index (χ2v) is 6.11. The third-order valence-corrected chi connectivity index (χ3v) is 3.69. The SMILES string of the molecule is CCC(O)CCCCCCCCCS(=O)(=O)[O-].[K+]. The first-order chi connectivity index (χ1) is 7.95. The molecule has 0 aliphatic carbocycles. The first-order valence-corrected chi connectivity index (χ1v) is 8.15. The Morgan fingerprint density at radius 3 is 1.89 bits per heavy atom. The fourth-order valence-electron chi connectivity index (χ4n) is 1.75. The van der Waals surface area contributed by atoms with Crippen LogP contribution in [-0.2, 0) is 10.1 Å². The Morgan fingerprint density at radius 2 is 1.44 bits per heavy atom. The van der Waals surface area contributed by atoms with E-state index in [0.29, 0.717) is 6.42 Å². The van der Waals surface area contributed by atoms with Crippen molar-refractivity contribution in [2.75, 3.05) is 5.75 Å². The summed E-state index contributed by atoms with van der Waals surface area (Å²) in [6.45, 7) is 1.98. The maximum Gasteiger partial charge on any atom is 1.00 e.